The van der Waals surface area contributed by atoms with Gasteiger partial charge in [-0.15, -0.1) is 0 Å². The minimum Gasteiger partial charge on any atom is -0.314 e. The van der Waals surface area contributed by atoms with Gasteiger partial charge in [-0.1, -0.05) is 31.2 Å². The second kappa shape index (κ2) is 5.41. The van der Waals surface area contributed by atoms with E-state index in [0.717, 1.165) is 18.5 Å². The third-order valence-electron chi connectivity index (χ3n) is 4.23. The minimum atomic E-state index is 0.761. The quantitative estimate of drug-likeness (QED) is 0.828. The average molecular weight is 244 g/mol. The van der Waals surface area contributed by atoms with E-state index in [1.807, 2.05) is 0 Å². The highest BCUT2D eigenvalue weighted by molar-refractivity contribution is 5.33. The van der Waals surface area contributed by atoms with Crippen LogP contribution in [0.2, 0.25) is 0 Å². The lowest BCUT2D eigenvalue weighted by molar-refractivity contribution is 0.137. The summed E-state index contributed by atoms with van der Waals surface area (Å²) in [7, 11) is 0. The Kier molecular flexibility index (Phi) is 3.67. The van der Waals surface area contributed by atoms with E-state index in [0.29, 0.717) is 0 Å². The van der Waals surface area contributed by atoms with E-state index in [1.165, 1.54) is 38.9 Å². The highest BCUT2D eigenvalue weighted by atomic mass is 15.2. The van der Waals surface area contributed by atoms with Crippen molar-refractivity contribution >= 4 is 0 Å². The highest BCUT2D eigenvalue weighted by Crippen LogP contribution is 2.41. The van der Waals surface area contributed by atoms with Gasteiger partial charge in [0.2, 0.25) is 0 Å². The molecule has 1 saturated carbocycles. The number of hydrogen-bond acceptors (Lipinski definition) is 2. The molecule has 1 aliphatic heterocycles. The summed E-state index contributed by atoms with van der Waals surface area (Å²) in [6.07, 6.45) is 4.05. The van der Waals surface area contributed by atoms with Crippen LogP contribution in [0, 0.1) is 0 Å². The van der Waals surface area contributed by atoms with E-state index in [1.54, 1.807) is 11.1 Å². The zero-order valence-corrected chi connectivity index (χ0v) is 11.4. The largest absolute Gasteiger partial charge is 0.314 e. The summed E-state index contributed by atoms with van der Waals surface area (Å²) in [6.45, 7) is 7.00. The van der Waals surface area contributed by atoms with Crippen molar-refractivity contribution in [2.24, 2.45) is 0 Å². The molecule has 1 saturated heterocycles. The number of benzene rings is 1. The molecule has 2 aliphatic rings. The van der Waals surface area contributed by atoms with Crippen LogP contribution < -0.4 is 5.32 Å². The molecule has 2 heteroatoms. The summed E-state index contributed by atoms with van der Waals surface area (Å²) >= 11 is 0. The first-order valence-corrected chi connectivity index (χ1v) is 7.41. The van der Waals surface area contributed by atoms with Crippen molar-refractivity contribution in [2.45, 2.75) is 44.7 Å². The van der Waals surface area contributed by atoms with Crippen LogP contribution in [0.4, 0.5) is 0 Å². The number of rotatable bonds is 6. The van der Waals surface area contributed by atoms with E-state index in [9.17, 15) is 0 Å². The van der Waals surface area contributed by atoms with Gasteiger partial charge in [-0.25, -0.2) is 0 Å². The van der Waals surface area contributed by atoms with Crippen molar-refractivity contribution in [1.82, 2.24) is 10.2 Å². The predicted molar refractivity (Wildman–Crippen MR) is 75.8 cm³/mol. The van der Waals surface area contributed by atoms with E-state index < -0.39 is 0 Å². The van der Waals surface area contributed by atoms with E-state index >= 15 is 0 Å². The van der Waals surface area contributed by atoms with E-state index in [2.05, 4.69) is 41.4 Å². The molecule has 1 aliphatic carbocycles. The van der Waals surface area contributed by atoms with Crippen molar-refractivity contribution in [3.63, 3.8) is 0 Å². The second-order valence-electron chi connectivity index (χ2n) is 5.76. The maximum absolute atomic E-state index is 3.39. The van der Waals surface area contributed by atoms with Gasteiger partial charge in [0, 0.05) is 25.7 Å². The smallest absolute Gasteiger partial charge is 0.0348 e. The Balaban J connectivity index is 1.72. The molecule has 2 nitrogen and oxygen atoms in total. The molecule has 0 amide bonds. The van der Waals surface area contributed by atoms with Crippen LogP contribution in [-0.4, -0.2) is 30.6 Å². The monoisotopic (exact) mass is 244 g/mol. The van der Waals surface area contributed by atoms with Crippen molar-refractivity contribution in [2.75, 3.05) is 19.6 Å². The third-order valence-corrected chi connectivity index (χ3v) is 4.23. The average Bonchev–Trinajstić information content (AvgIpc) is 3.11. The number of hydrogen-bond donors (Lipinski definition) is 1. The van der Waals surface area contributed by atoms with Crippen LogP contribution in [0.25, 0.3) is 0 Å². The maximum Gasteiger partial charge on any atom is 0.0348 e. The Morgan fingerprint density at radius 1 is 1.22 bits per heavy atom. The third kappa shape index (κ3) is 2.60. The van der Waals surface area contributed by atoms with Crippen LogP contribution in [0.3, 0.4) is 0 Å². The topological polar surface area (TPSA) is 15.3 Å². The normalized spacial score (nSPS) is 20.1. The molecule has 1 heterocycles. The van der Waals surface area contributed by atoms with Crippen LogP contribution in [0.15, 0.2) is 24.3 Å². The van der Waals surface area contributed by atoms with Crippen LogP contribution in [0.5, 0.6) is 0 Å². The molecule has 0 radical (unpaired) electrons. The lowest BCUT2D eigenvalue weighted by Gasteiger charge is -2.38. The molecule has 3 rings (SSSR count). The predicted octanol–water partition coefficient (Wildman–Crippen LogP) is 2.75. The lowest BCUT2D eigenvalue weighted by atomic mass is 10.0. The Labute approximate surface area is 110 Å². The SMILES string of the molecule is CCCN(Cc1ccccc1C1CC1)C1CNC1. The summed E-state index contributed by atoms with van der Waals surface area (Å²) < 4.78 is 0. The molecular formula is C16H24N2. The first-order valence-electron chi connectivity index (χ1n) is 7.41. The summed E-state index contributed by atoms with van der Waals surface area (Å²) in [5, 5.41) is 3.39. The van der Waals surface area contributed by atoms with Gasteiger partial charge in [-0.3, -0.25) is 4.90 Å². The van der Waals surface area contributed by atoms with E-state index in [4.69, 9.17) is 0 Å². The van der Waals surface area contributed by atoms with Crippen molar-refractivity contribution in [3.05, 3.63) is 35.4 Å². The van der Waals surface area contributed by atoms with Gasteiger partial charge in [-0.2, -0.15) is 0 Å². The molecule has 0 atom stereocenters. The summed E-state index contributed by atoms with van der Waals surface area (Å²) in [5.41, 5.74) is 3.19. The molecule has 1 N–H and O–H groups in total. The molecule has 0 spiro atoms. The number of nitrogens with one attached hydrogen (secondary N) is 1. The maximum atomic E-state index is 3.39. The molecule has 0 bridgehead atoms. The van der Waals surface area contributed by atoms with E-state index in [-0.39, 0.29) is 0 Å². The zero-order valence-electron chi connectivity index (χ0n) is 11.4. The zero-order chi connectivity index (χ0) is 12.4. The van der Waals surface area contributed by atoms with Crippen LogP contribution >= 0.6 is 0 Å². The van der Waals surface area contributed by atoms with Crippen molar-refractivity contribution < 1.29 is 0 Å². The first-order chi connectivity index (χ1) is 8.88. The fourth-order valence-corrected chi connectivity index (χ4v) is 2.90. The summed E-state index contributed by atoms with van der Waals surface area (Å²) in [4.78, 5) is 2.66. The molecule has 98 valence electrons. The summed E-state index contributed by atoms with van der Waals surface area (Å²) in [5.74, 6) is 0.865. The van der Waals surface area contributed by atoms with Crippen molar-refractivity contribution in [3.8, 4) is 0 Å². The number of nitrogens with zero attached hydrogens (tertiary/aromatic N) is 1. The fraction of sp³-hybridized carbons (Fsp3) is 0.625. The molecular weight excluding hydrogens is 220 g/mol. The van der Waals surface area contributed by atoms with Gasteiger partial charge in [0.05, 0.1) is 0 Å². The van der Waals surface area contributed by atoms with Crippen LogP contribution in [-0.2, 0) is 6.54 Å². The molecule has 18 heavy (non-hydrogen) atoms. The molecule has 0 unspecified atom stereocenters. The van der Waals surface area contributed by atoms with Gasteiger partial charge in [-0.05, 0) is 42.9 Å². The Morgan fingerprint density at radius 3 is 2.61 bits per heavy atom. The van der Waals surface area contributed by atoms with Gasteiger partial charge < -0.3 is 5.32 Å². The highest BCUT2D eigenvalue weighted by Gasteiger charge is 2.28. The minimum absolute atomic E-state index is 0.761. The Hall–Kier alpha value is -0.860. The standard InChI is InChI=1S/C16H24N2/c1-2-9-18(15-10-17-11-15)12-14-5-3-4-6-16(14)13-7-8-13/h3-6,13,15,17H,2,7-12H2,1H3. The molecule has 1 aromatic rings. The van der Waals surface area contributed by atoms with Crippen LogP contribution in [0.1, 0.15) is 43.2 Å². The first kappa shape index (κ1) is 12.2. The lowest BCUT2D eigenvalue weighted by Crippen LogP contribution is -2.57. The second-order valence-corrected chi connectivity index (χ2v) is 5.76. The van der Waals surface area contributed by atoms with Crippen molar-refractivity contribution in [1.29, 1.82) is 0 Å². The molecule has 1 aromatic carbocycles. The van der Waals surface area contributed by atoms with Gasteiger partial charge >= 0.3 is 0 Å². The fourth-order valence-electron chi connectivity index (χ4n) is 2.90. The van der Waals surface area contributed by atoms with Gasteiger partial charge in [0.15, 0.2) is 0 Å². The van der Waals surface area contributed by atoms with Gasteiger partial charge in [0.25, 0.3) is 0 Å². The Bertz CT molecular complexity index is 394. The molecule has 0 aromatic heterocycles. The summed E-state index contributed by atoms with van der Waals surface area (Å²) in [6, 6.07) is 9.84. The van der Waals surface area contributed by atoms with Gasteiger partial charge in [0.1, 0.15) is 0 Å². The Morgan fingerprint density at radius 2 is 2.00 bits per heavy atom. The molecule has 2 fully saturated rings.